The highest BCUT2D eigenvalue weighted by atomic mass is 16.7. The zero-order chi connectivity index (χ0) is 11.4. The molecule has 0 aromatic heterocycles. The fourth-order valence-corrected chi connectivity index (χ4v) is 2.59. The van der Waals surface area contributed by atoms with Gasteiger partial charge in [0.25, 0.3) is 11.8 Å². The molecule has 2 saturated heterocycles. The van der Waals surface area contributed by atoms with Gasteiger partial charge in [0.2, 0.25) is 0 Å². The Hall–Kier alpha value is -1.20. The molecule has 3 aliphatic heterocycles. The van der Waals surface area contributed by atoms with E-state index >= 15 is 0 Å². The Bertz CT molecular complexity index is 359. The molecule has 0 saturated carbocycles. The first-order valence-electron chi connectivity index (χ1n) is 5.48. The highest BCUT2D eigenvalue weighted by Gasteiger charge is 2.61. The van der Waals surface area contributed by atoms with Gasteiger partial charge in [0.1, 0.15) is 0 Å². The molecule has 86 valence electrons. The van der Waals surface area contributed by atoms with E-state index in [0.29, 0.717) is 0 Å². The molecule has 4 atom stereocenters. The van der Waals surface area contributed by atoms with Crippen molar-refractivity contribution >= 4 is 11.8 Å². The lowest BCUT2D eigenvalue weighted by atomic mass is 9.85. The minimum absolute atomic E-state index is 0.182. The molecule has 5 heteroatoms. The standard InChI is InChI=1S/C11H13NO4/c1-5(2)16-12-10(13)8-6-3-4-7(15-6)9(8)11(12)14/h3-9H,1-2H3/t6-,7+,8-,9+. The van der Waals surface area contributed by atoms with E-state index in [4.69, 9.17) is 9.57 Å². The van der Waals surface area contributed by atoms with E-state index in [-0.39, 0.29) is 42.0 Å². The van der Waals surface area contributed by atoms with Crippen LogP contribution in [-0.4, -0.2) is 35.2 Å². The number of carbonyl (C=O) groups excluding carboxylic acids is 2. The highest BCUT2D eigenvalue weighted by molar-refractivity contribution is 6.05. The van der Waals surface area contributed by atoms with Gasteiger partial charge in [-0.05, 0) is 13.8 Å². The largest absolute Gasteiger partial charge is 0.365 e. The van der Waals surface area contributed by atoms with Crippen LogP contribution in [0.25, 0.3) is 0 Å². The Morgan fingerprint density at radius 2 is 1.69 bits per heavy atom. The molecule has 2 amide bonds. The summed E-state index contributed by atoms with van der Waals surface area (Å²) in [6.07, 6.45) is 3.05. The Labute approximate surface area is 92.9 Å². The SMILES string of the molecule is CC(C)ON1C(=O)[C@@H]2[C@H](C1=O)[C@H]1C=C[C@@H]2O1. The van der Waals surface area contributed by atoms with Crippen molar-refractivity contribution in [1.82, 2.24) is 5.06 Å². The van der Waals surface area contributed by atoms with Crippen LogP contribution >= 0.6 is 0 Å². The maximum atomic E-state index is 12.0. The fourth-order valence-electron chi connectivity index (χ4n) is 2.59. The fraction of sp³-hybridized carbons (Fsp3) is 0.636. The molecule has 5 nitrogen and oxygen atoms in total. The van der Waals surface area contributed by atoms with Crippen LogP contribution in [0, 0.1) is 11.8 Å². The summed E-state index contributed by atoms with van der Waals surface area (Å²) in [4.78, 5) is 29.2. The minimum Gasteiger partial charge on any atom is -0.365 e. The smallest absolute Gasteiger partial charge is 0.260 e. The van der Waals surface area contributed by atoms with Gasteiger partial charge in [-0.3, -0.25) is 14.4 Å². The van der Waals surface area contributed by atoms with Gasteiger partial charge in [-0.15, -0.1) is 0 Å². The number of imide groups is 1. The Balaban J connectivity index is 1.89. The van der Waals surface area contributed by atoms with Crippen molar-refractivity contribution in [3.8, 4) is 0 Å². The van der Waals surface area contributed by atoms with Crippen LogP contribution in [0.1, 0.15) is 13.8 Å². The van der Waals surface area contributed by atoms with Crippen molar-refractivity contribution in [2.24, 2.45) is 11.8 Å². The van der Waals surface area contributed by atoms with Gasteiger partial charge in [0, 0.05) is 0 Å². The molecule has 0 N–H and O–H groups in total. The van der Waals surface area contributed by atoms with Crippen LogP contribution in [0.4, 0.5) is 0 Å². The average Bonchev–Trinajstić information content (AvgIpc) is 2.87. The van der Waals surface area contributed by atoms with E-state index in [1.807, 2.05) is 12.2 Å². The van der Waals surface area contributed by atoms with Crippen LogP contribution in [-0.2, 0) is 19.2 Å². The number of ether oxygens (including phenoxy) is 1. The van der Waals surface area contributed by atoms with Crippen molar-refractivity contribution < 1.29 is 19.2 Å². The third-order valence-electron chi connectivity index (χ3n) is 3.19. The second-order valence-corrected chi connectivity index (χ2v) is 4.63. The first-order valence-corrected chi connectivity index (χ1v) is 5.48. The lowest BCUT2D eigenvalue weighted by Crippen LogP contribution is -2.36. The topological polar surface area (TPSA) is 55.8 Å². The second-order valence-electron chi connectivity index (χ2n) is 4.63. The van der Waals surface area contributed by atoms with Gasteiger partial charge >= 0.3 is 0 Å². The van der Waals surface area contributed by atoms with Gasteiger partial charge < -0.3 is 4.74 Å². The average molecular weight is 223 g/mol. The summed E-state index contributed by atoms with van der Waals surface area (Å²) >= 11 is 0. The predicted octanol–water partition coefficient (Wildman–Crippen LogP) is 0.265. The number of fused-ring (bicyclic) bond motifs is 5. The normalized spacial score (nSPS) is 40.3. The molecule has 3 heterocycles. The van der Waals surface area contributed by atoms with Crippen LogP contribution in [0.3, 0.4) is 0 Å². The van der Waals surface area contributed by atoms with Crippen LogP contribution in [0.2, 0.25) is 0 Å². The molecule has 0 radical (unpaired) electrons. The summed E-state index contributed by atoms with van der Waals surface area (Å²) in [6.45, 7) is 3.58. The van der Waals surface area contributed by atoms with Crippen molar-refractivity contribution in [1.29, 1.82) is 0 Å². The van der Waals surface area contributed by atoms with Crippen molar-refractivity contribution in [2.45, 2.75) is 32.2 Å². The number of hydroxylamine groups is 2. The zero-order valence-electron chi connectivity index (χ0n) is 9.12. The van der Waals surface area contributed by atoms with E-state index in [1.165, 1.54) is 0 Å². The van der Waals surface area contributed by atoms with Gasteiger partial charge in [-0.1, -0.05) is 12.2 Å². The first kappa shape index (κ1) is 9.99. The van der Waals surface area contributed by atoms with Gasteiger partial charge in [-0.2, -0.15) is 5.06 Å². The van der Waals surface area contributed by atoms with E-state index < -0.39 is 0 Å². The van der Waals surface area contributed by atoms with Gasteiger partial charge in [0.15, 0.2) is 0 Å². The maximum absolute atomic E-state index is 12.0. The second kappa shape index (κ2) is 3.15. The number of nitrogens with zero attached hydrogens (tertiary/aromatic N) is 1. The molecule has 2 fully saturated rings. The number of carbonyl (C=O) groups is 2. The zero-order valence-corrected chi connectivity index (χ0v) is 9.12. The molecule has 2 bridgehead atoms. The summed E-state index contributed by atoms with van der Waals surface area (Å²) in [6, 6.07) is 0. The van der Waals surface area contributed by atoms with Crippen molar-refractivity contribution in [2.75, 3.05) is 0 Å². The molecular formula is C11H13NO4. The number of amides is 2. The quantitative estimate of drug-likeness (QED) is 0.498. The number of hydrogen-bond donors (Lipinski definition) is 0. The molecule has 0 spiro atoms. The van der Waals surface area contributed by atoms with Crippen molar-refractivity contribution in [3.05, 3.63) is 12.2 Å². The first-order chi connectivity index (χ1) is 7.59. The molecule has 3 aliphatic rings. The third kappa shape index (κ3) is 1.13. The molecule has 0 aromatic rings. The molecule has 0 unspecified atom stereocenters. The Morgan fingerprint density at radius 3 is 2.12 bits per heavy atom. The van der Waals surface area contributed by atoms with Crippen LogP contribution in [0.15, 0.2) is 12.2 Å². The number of hydrogen-bond acceptors (Lipinski definition) is 4. The van der Waals surface area contributed by atoms with Gasteiger partial charge in [0.05, 0.1) is 30.1 Å². The molecular weight excluding hydrogens is 210 g/mol. The molecule has 3 rings (SSSR count). The van der Waals surface area contributed by atoms with Crippen LogP contribution in [0.5, 0.6) is 0 Å². The van der Waals surface area contributed by atoms with Crippen LogP contribution < -0.4 is 0 Å². The minimum atomic E-state index is -0.374. The third-order valence-corrected chi connectivity index (χ3v) is 3.19. The Morgan fingerprint density at radius 1 is 1.19 bits per heavy atom. The lowest BCUT2D eigenvalue weighted by Gasteiger charge is -2.18. The predicted molar refractivity (Wildman–Crippen MR) is 52.9 cm³/mol. The molecule has 16 heavy (non-hydrogen) atoms. The van der Waals surface area contributed by atoms with E-state index in [2.05, 4.69) is 0 Å². The van der Waals surface area contributed by atoms with Crippen molar-refractivity contribution in [3.63, 3.8) is 0 Å². The Kier molecular flexibility index (Phi) is 1.96. The summed E-state index contributed by atoms with van der Waals surface area (Å²) < 4.78 is 5.50. The monoisotopic (exact) mass is 223 g/mol. The van der Waals surface area contributed by atoms with E-state index in [0.717, 1.165) is 5.06 Å². The summed E-state index contributed by atoms with van der Waals surface area (Å²) in [5.74, 6) is -1.27. The van der Waals surface area contributed by atoms with E-state index in [1.54, 1.807) is 13.8 Å². The number of rotatable bonds is 2. The summed E-state index contributed by atoms with van der Waals surface area (Å²) in [7, 11) is 0. The molecule has 0 aromatic carbocycles. The van der Waals surface area contributed by atoms with E-state index in [9.17, 15) is 9.59 Å². The maximum Gasteiger partial charge on any atom is 0.260 e. The summed E-state index contributed by atoms with van der Waals surface area (Å²) in [5.41, 5.74) is 0. The lowest BCUT2D eigenvalue weighted by molar-refractivity contribution is -0.202. The highest BCUT2D eigenvalue weighted by Crippen LogP contribution is 2.45. The molecule has 0 aliphatic carbocycles. The summed E-state index contributed by atoms with van der Waals surface area (Å²) in [5, 5.41) is 0.926. The van der Waals surface area contributed by atoms with Gasteiger partial charge in [-0.25, -0.2) is 0 Å².